The SMILES string of the molecule is c1ccc(-c2ccc3c(c2)c2ccccc2n3-c2ccccc2-c2ccccc2-c2ccc3c(c2)sc2ccccc23)cc1. The van der Waals surface area contributed by atoms with Crippen LogP contribution in [0.25, 0.3) is 81.0 Å². The number of rotatable bonds is 4. The minimum atomic E-state index is 1.18. The molecule has 206 valence electrons. The predicted octanol–water partition coefficient (Wildman–Crippen LogP) is 12.2. The van der Waals surface area contributed by atoms with Gasteiger partial charge in [-0.1, -0.05) is 127 Å². The average Bonchev–Trinajstić information content (AvgIpc) is 3.63. The molecule has 2 heteroatoms. The Hall–Kier alpha value is -5.44. The first kappa shape index (κ1) is 25.1. The van der Waals surface area contributed by atoms with Crippen molar-refractivity contribution in [2.24, 2.45) is 0 Å². The minimum Gasteiger partial charge on any atom is -0.309 e. The fraction of sp³-hybridized carbons (Fsp3) is 0. The van der Waals surface area contributed by atoms with Crippen LogP contribution in [-0.2, 0) is 0 Å². The quantitative estimate of drug-likeness (QED) is 0.196. The summed E-state index contributed by atoms with van der Waals surface area (Å²) in [5.74, 6) is 0. The molecular weight excluding hydrogens is 551 g/mol. The van der Waals surface area contributed by atoms with Gasteiger partial charge >= 0.3 is 0 Å². The highest BCUT2D eigenvalue weighted by atomic mass is 32.1. The van der Waals surface area contributed by atoms with Crippen molar-refractivity contribution >= 4 is 53.3 Å². The third-order valence-electron chi connectivity index (χ3n) is 8.83. The van der Waals surface area contributed by atoms with Crippen molar-refractivity contribution in [2.45, 2.75) is 0 Å². The summed E-state index contributed by atoms with van der Waals surface area (Å²) in [5, 5.41) is 5.19. The van der Waals surface area contributed by atoms with Crippen LogP contribution in [-0.4, -0.2) is 4.57 Å². The monoisotopic (exact) mass is 577 g/mol. The van der Waals surface area contributed by atoms with Crippen LogP contribution < -0.4 is 0 Å². The van der Waals surface area contributed by atoms with Crippen molar-refractivity contribution < 1.29 is 0 Å². The zero-order valence-electron chi connectivity index (χ0n) is 23.9. The number of nitrogens with zero attached hydrogens (tertiary/aromatic N) is 1. The standard InChI is InChI=1S/C42H27NS/c1-2-12-28(13-3-1)29-23-25-40-37(26-29)34-17-7-10-20-39(34)43(40)38-19-9-6-16-33(38)32-15-5-4-14-31(32)30-22-24-36-35-18-8-11-21-41(35)44-42(36)27-30/h1-27H. The molecule has 0 saturated carbocycles. The summed E-state index contributed by atoms with van der Waals surface area (Å²) in [6.45, 7) is 0. The van der Waals surface area contributed by atoms with E-state index in [1.54, 1.807) is 0 Å². The molecule has 0 aliphatic carbocycles. The van der Waals surface area contributed by atoms with E-state index in [2.05, 4.69) is 168 Å². The van der Waals surface area contributed by atoms with Crippen LogP contribution in [0.15, 0.2) is 164 Å². The lowest BCUT2D eigenvalue weighted by atomic mass is 9.93. The van der Waals surface area contributed by atoms with Gasteiger partial charge in [-0.25, -0.2) is 0 Å². The third kappa shape index (κ3) is 3.92. The van der Waals surface area contributed by atoms with E-state index in [1.165, 1.54) is 81.0 Å². The van der Waals surface area contributed by atoms with E-state index in [4.69, 9.17) is 0 Å². The predicted molar refractivity (Wildman–Crippen MR) is 190 cm³/mol. The molecule has 0 aliphatic heterocycles. The summed E-state index contributed by atoms with van der Waals surface area (Å²) in [7, 11) is 0. The Labute approximate surface area is 259 Å². The number of hydrogen-bond donors (Lipinski definition) is 0. The van der Waals surface area contributed by atoms with Gasteiger partial charge in [0, 0.05) is 36.5 Å². The van der Waals surface area contributed by atoms with Gasteiger partial charge < -0.3 is 4.57 Å². The maximum absolute atomic E-state index is 2.45. The summed E-state index contributed by atoms with van der Waals surface area (Å²) in [6.07, 6.45) is 0. The van der Waals surface area contributed by atoms with E-state index in [0.29, 0.717) is 0 Å². The Balaban J connectivity index is 1.26. The maximum Gasteiger partial charge on any atom is 0.0541 e. The fourth-order valence-electron chi connectivity index (χ4n) is 6.80. The Morgan fingerprint density at radius 2 is 0.977 bits per heavy atom. The second-order valence-corrected chi connectivity index (χ2v) is 12.4. The first-order chi connectivity index (χ1) is 21.8. The van der Waals surface area contributed by atoms with Crippen molar-refractivity contribution in [1.82, 2.24) is 4.57 Å². The van der Waals surface area contributed by atoms with E-state index in [1.807, 2.05) is 11.3 Å². The number of hydrogen-bond acceptors (Lipinski definition) is 1. The van der Waals surface area contributed by atoms with Crippen LogP contribution in [0.5, 0.6) is 0 Å². The molecule has 9 aromatic rings. The number of para-hydroxylation sites is 2. The molecule has 0 fully saturated rings. The molecule has 0 bridgehead atoms. The van der Waals surface area contributed by atoms with Crippen molar-refractivity contribution in [1.29, 1.82) is 0 Å². The lowest BCUT2D eigenvalue weighted by molar-refractivity contribution is 1.18. The average molecular weight is 578 g/mol. The Morgan fingerprint density at radius 3 is 1.86 bits per heavy atom. The minimum absolute atomic E-state index is 1.18. The van der Waals surface area contributed by atoms with Crippen molar-refractivity contribution in [3.63, 3.8) is 0 Å². The van der Waals surface area contributed by atoms with E-state index in [9.17, 15) is 0 Å². The van der Waals surface area contributed by atoms with Crippen molar-refractivity contribution in [3.8, 4) is 39.1 Å². The molecule has 0 amide bonds. The number of fused-ring (bicyclic) bond motifs is 6. The number of aromatic nitrogens is 1. The first-order valence-electron chi connectivity index (χ1n) is 15.0. The van der Waals surface area contributed by atoms with Gasteiger partial charge in [-0.2, -0.15) is 0 Å². The Kier molecular flexibility index (Phi) is 5.75. The van der Waals surface area contributed by atoms with Crippen LogP contribution in [0.4, 0.5) is 0 Å². The molecule has 0 N–H and O–H groups in total. The molecule has 9 rings (SSSR count). The lowest BCUT2D eigenvalue weighted by Gasteiger charge is -2.17. The topological polar surface area (TPSA) is 4.93 Å². The molecule has 0 aliphatic rings. The molecular formula is C42H27NS. The summed E-state index contributed by atoms with van der Waals surface area (Å²) in [4.78, 5) is 0. The molecule has 7 aromatic carbocycles. The lowest BCUT2D eigenvalue weighted by Crippen LogP contribution is -1.98. The normalized spacial score (nSPS) is 11.6. The molecule has 0 unspecified atom stereocenters. The van der Waals surface area contributed by atoms with Gasteiger partial charge in [0.25, 0.3) is 0 Å². The van der Waals surface area contributed by atoms with E-state index in [-0.39, 0.29) is 0 Å². The van der Waals surface area contributed by atoms with Gasteiger partial charge in [-0.05, 0) is 64.2 Å². The van der Waals surface area contributed by atoms with Crippen molar-refractivity contribution in [2.75, 3.05) is 0 Å². The van der Waals surface area contributed by atoms with Crippen LogP contribution in [0.1, 0.15) is 0 Å². The van der Waals surface area contributed by atoms with E-state index >= 15 is 0 Å². The Morgan fingerprint density at radius 1 is 0.341 bits per heavy atom. The van der Waals surface area contributed by atoms with Crippen LogP contribution in [0.3, 0.4) is 0 Å². The second kappa shape index (κ2) is 10.1. The van der Waals surface area contributed by atoms with Gasteiger partial charge in [-0.15, -0.1) is 11.3 Å². The second-order valence-electron chi connectivity index (χ2n) is 11.3. The van der Waals surface area contributed by atoms with Crippen LogP contribution in [0.2, 0.25) is 0 Å². The molecule has 0 spiro atoms. The first-order valence-corrected chi connectivity index (χ1v) is 15.8. The molecule has 0 atom stereocenters. The molecule has 1 nitrogen and oxygen atoms in total. The third-order valence-corrected chi connectivity index (χ3v) is 9.97. The smallest absolute Gasteiger partial charge is 0.0541 e. The highest BCUT2D eigenvalue weighted by molar-refractivity contribution is 7.25. The van der Waals surface area contributed by atoms with Gasteiger partial charge in [0.1, 0.15) is 0 Å². The summed E-state index contributed by atoms with van der Waals surface area (Å²) >= 11 is 1.87. The summed E-state index contributed by atoms with van der Waals surface area (Å²) in [6, 6.07) is 59.7. The van der Waals surface area contributed by atoms with Gasteiger partial charge in [-0.3, -0.25) is 0 Å². The zero-order valence-corrected chi connectivity index (χ0v) is 24.8. The van der Waals surface area contributed by atoms with Gasteiger partial charge in [0.15, 0.2) is 0 Å². The number of thiophene rings is 1. The van der Waals surface area contributed by atoms with Crippen LogP contribution >= 0.6 is 11.3 Å². The molecule has 44 heavy (non-hydrogen) atoms. The molecule has 2 heterocycles. The summed E-state index contributed by atoms with van der Waals surface area (Å²) in [5.41, 5.74) is 11.0. The fourth-order valence-corrected chi connectivity index (χ4v) is 7.95. The molecule has 0 saturated heterocycles. The van der Waals surface area contributed by atoms with Crippen LogP contribution in [0, 0.1) is 0 Å². The molecule has 0 radical (unpaired) electrons. The largest absolute Gasteiger partial charge is 0.309 e. The van der Waals surface area contributed by atoms with Gasteiger partial charge in [0.05, 0.1) is 16.7 Å². The highest BCUT2D eigenvalue weighted by Crippen LogP contribution is 2.42. The van der Waals surface area contributed by atoms with Crippen molar-refractivity contribution in [3.05, 3.63) is 164 Å². The number of benzene rings is 7. The Bertz CT molecular complexity index is 2500. The van der Waals surface area contributed by atoms with E-state index < -0.39 is 0 Å². The highest BCUT2D eigenvalue weighted by Gasteiger charge is 2.18. The zero-order chi connectivity index (χ0) is 29.0. The van der Waals surface area contributed by atoms with E-state index in [0.717, 1.165) is 0 Å². The summed E-state index contributed by atoms with van der Waals surface area (Å²) < 4.78 is 5.10. The maximum atomic E-state index is 2.45. The van der Waals surface area contributed by atoms with Gasteiger partial charge in [0.2, 0.25) is 0 Å². The molecule has 2 aromatic heterocycles.